The Balaban J connectivity index is 1.86. The van der Waals surface area contributed by atoms with Crippen LogP contribution in [0.4, 0.5) is 0 Å². The lowest BCUT2D eigenvalue weighted by Crippen LogP contribution is -2.18. The zero-order chi connectivity index (χ0) is 17.3. The van der Waals surface area contributed by atoms with E-state index in [0.717, 1.165) is 5.75 Å². The molecular weight excluding hydrogens is 330 g/mol. The molecule has 0 aliphatic heterocycles. The average molecular weight is 348 g/mol. The van der Waals surface area contributed by atoms with E-state index in [1.165, 1.54) is 10.6 Å². The molecule has 0 saturated heterocycles. The summed E-state index contributed by atoms with van der Waals surface area (Å²) in [5.41, 5.74) is 1.39. The smallest absolute Gasteiger partial charge is 0.273 e. The Bertz CT molecular complexity index is 915. The van der Waals surface area contributed by atoms with Crippen LogP contribution in [0.3, 0.4) is 0 Å². The standard InChI is InChI=1S/C17H18ClN3O3/c1-4-23-12-5-7-13(8-6-12)24-11(3)14-9-15(22)21-17(19-14)16(18)10(2)20-21/h5-9,11,20H,4H2,1-3H3. The van der Waals surface area contributed by atoms with Gasteiger partial charge in [0.15, 0.2) is 5.65 Å². The van der Waals surface area contributed by atoms with Crippen LogP contribution in [0.15, 0.2) is 35.1 Å². The van der Waals surface area contributed by atoms with Gasteiger partial charge >= 0.3 is 0 Å². The number of fused-ring (bicyclic) bond motifs is 1. The van der Waals surface area contributed by atoms with Crippen LogP contribution in [0.1, 0.15) is 31.3 Å². The number of aromatic amines is 1. The molecule has 1 unspecified atom stereocenters. The predicted octanol–water partition coefficient (Wildman–Crippen LogP) is 3.52. The van der Waals surface area contributed by atoms with Gasteiger partial charge in [-0.25, -0.2) is 4.98 Å². The minimum absolute atomic E-state index is 0.229. The van der Waals surface area contributed by atoms with Gasteiger partial charge in [-0.3, -0.25) is 9.89 Å². The van der Waals surface area contributed by atoms with E-state index in [0.29, 0.717) is 34.4 Å². The molecule has 0 bridgehead atoms. The summed E-state index contributed by atoms with van der Waals surface area (Å²) in [6, 6.07) is 8.76. The quantitative estimate of drug-likeness (QED) is 0.766. The second-order valence-corrected chi connectivity index (χ2v) is 5.77. The molecule has 24 heavy (non-hydrogen) atoms. The van der Waals surface area contributed by atoms with E-state index in [9.17, 15) is 4.79 Å². The van der Waals surface area contributed by atoms with Crippen molar-refractivity contribution in [2.24, 2.45) is 0 Å². The summed E-state index contributed by atoms with van der Waals surface area (Å²) in [7, 11) is 0. The van der Waals surface area contributed by atoms with Crippen LogP contribution in [0, 0.1) is 6.92 Å². The Labute approximate surface area is 144 Å². The number of hydrogen-bond donors (Lipinski definition) is 1. The van der Waals surface area contributed by atoms with E-state index >= 15 is 0 Å². The highest BCUT2D eigenvalue weighted by Gasteiger charge is 2.15. The van der Waals surface area contributed by atoms with E-state index in [4.69, 9.17) is 21.1 Å². The van der Waals surface area contributed by atoms with Crippen molar-refractivity contribution in [2.45, 2.75) is 26.9 Å². The molecule has 1 atom stereocenters. The van der Waals surface area contributed by atoms with Gasteiger partial charge in [-0.2, -0.15) is 4.52 Å². The largest absolute Gasteiger partial charge is 0.494 e. The van der Waals surface area contributed by atoms with Gasteiger partial charge in [-0.15, -0.1) is 0 Å². The Hall–Kier alpha value is -2.47. The van der Waals surface area contributed by atoms with Gasteiger partial charge in [0, 0.05) is 6.07 Å². The van der Waals surface area contributed by atoms with Crippen LogP contribution < -0.4 is 15.0 Å². The summed E-state index contributed by atoms with van der Waals surface area (Å²) in [4.78, 5) is 16.6. The molecule has 3 aromatic rings. The number of aryl methyl sites for hydroxylation is 1. The maximum Gasteiger partial charge on any atom is 0.273 e. The first-order valence-electron chi connectivity index (χ1n) is 7.67. The molecule has 1 aromatic carbocycles. The molecule has 3 rings (SSSR count). The third-order valence-corrected chi connectivity index (χ3v) is 4.06. The number of halogens is 1. The third kappa shape index (κ3) is 3.10. The van der Waals surface area contributed by atoms with Crippen LogP contribution >= 0.6 is 11.6 Å². The molecule has 0 radical (unpaired) electrons. The molecule has 0 aliphatic carbocycles. The molecular formula is C17H18ClN3O3. The Morgan fingerprint density at radius 1 is 1.29 bits per heavy atom. The summed E-state index contributed by atoms with van der Waals surface area (Å²) >= 11 is 6.19. The lowest BCUT2D eigenvalue weighted by molar-refractivity contribution is 0.221. The summed E-state index contributed by atoms with van der Waals surface area (Å²) in [5, 5.41) is 3.32. The summed E-state index contributed by atoms with van der Waals surface area (Å²) in [5.74, 6) is 1.45. The molecule has 2 heterocycles. The predicted molar refractivity (Wildman–Crippen MR) is 92.2 cm³/mol. The molecule has 1 N–H and O–H groups in total. The Morgan fingerprint density at radius 2 is 1.96 bits per heavy atom. The van der Waals surface area contributed by atoms with E-state index in [1.54, 1.807) is 6.92 Å². The number of rotatable bonds is 5. The fourth-order valence-electron chi connectivity index (χ4n) is 2.39. The van der Waals surface area contributed by atoms with E-state index in [-0.39, 0.29) is 5.56 Å². The van der Waals surface area contributed by atoms with E-state index < -0.39 is 6.10 Å². The zero-order valence-electron chi connectivity index (χ0n) is 13.7. The molecule has 0 spiro atoms. The maximum atomic E-state index is 12.2. The highest BCUT2D eigenvalue weighted by Crippen LogP contribution is 2.24. The molecule has 126 valence electrons. The molecule has 0 aliphatic rings. The van der Waals surface area contributed by atoms with Gasteiger partial charge in [0.2, 0.25) is 0 Å². The second-order valence-electron chi connectivity index (χ2n) is 5.39. The minimum atomic E-state index is -0.396. The van der Waals surface area contributed by atoms with Gasteiger partial charge < -0.3 is 9.47 Å². The zero-order valence-corrected chi connectivity index (χ0v) is 14.4. The van der Waals surface area contributed by atoms with Crippen LogP contribution in [0.5, 0.6) is 11.5 Å². The van der Waals surface area contributed by atoms with Gasteiger partial charge in [-0.05, 0) is 45.0 Å². The molecule has 0 fully saturated rings. The highest BCUT2D eigenvalue weighted by atomic mass is 35.5. The number of hydrogen-bond acceptors (Lipinski definition) is 4. The van der Waals surface area contributed by atoms with Crippen molar-refractivity contribution in [3.8, 4) is 11.5 Å². The van der Waals surface area contributed by atoms with Crippen LogP contribution in [-0.2, 0) is 0 Å². The van der Waals surface area contributed by atoms with Gasteiger partial charge in [0.1, 0.15) is 22.6 Å². The van der Waals surface area contributed by atoms with Crippen LogP contribution in [0.25, 0.3) is 5.65 Å². The summed E-state index contributed by atoms with van der Waals surface area (Å²) < 4.78 is 12.6. The fourth-order valence-corrected chi connectivity index (χ4v) is 2.56. The topological polar surface area (TPSA) is 68.6 Å². The van der Waals surface area contributed by atoms with Gasteiger partial charge in [-0.1, -0.05) is 11.6 Å². The molecule has 2 aromatic heterocycles. The van der Waals surface area contributed by atoms with Crippen molar-refractivity contribution in [3.05, 3.63) is 57.1 Å². The fraction of sp³-hybridized carbons (Fsp3) is 0.294. The highest BCUT2D eigenvalue weighted by molar-refractivity contribution is 6.34. The molecule has 0 saturated carbocycles. The lowest BCUT2D eigenvalue weighted by Gasteiger charge is -2.14. The SMILES string of the molecule is CCOc1ccc(OC(C)c2cc(=O)n3[nH]c(C)c(Cl)c3n2)cc1. The van der Waals surface area contributed by atoms with Crippen molar-refractivity contribution in [2.75, 3.05) is 6.61 Å². The molecule has 7 heteroatoms. The number of ether oxygens (including phenoxy) is 2. The monoisotopic (exact) mass is 347 g/mol. The average Bonchev–Trinajstić information content (AvgIpc) is 2.85. The van der Waals surface area contributed by atoms with Crippen molar-refractivity contribution in [1.29, 1.82) is 0 Å². The van der Waals surface area contributed by atoms with Gasteiger partial charge in [0.25, 0.3) is 5.56 Å². The number of aromatic nitrogens is 3. The first kappa shape index (κ1) is 16.4. The molecule has 0 amide bonds. The number of benzene rings is 1. The third-order valence-electron chi connectivity index (χ3n) is 3.61. The molecule has 6 nitrogen and oxygen atoms in total. The summed E-state index contributed by atoms with van der Waals surface area (Å²) in [6.07, 6.45) is -0.396. The van der Waals surface area contributed by atoms with Crippen molar-refractivity contribution in [1.82, 2.24) is 14.6 Å². The normalized spacial score (nSPS) is 12.3. The Kier molecular flexibility index (Phi) is 4.49. The van der Waals surface area contributed by atoms with Gasteiger partial charge in [0.05, 0.1) is 18.0 Å². The van der Waals surface area contributed by atoms with E-state index in [1.807, 2.05) is 38.1 Å². The first-order chi connectivity index (χ1) is 11.5. The number of nitrogens with zero attached hydrogens (tertiary/aromatic N) is 2. The number of nitrogens with one attached hydrogen (secondary N) is 1. The van der Waals surface area contributed by atoms with E-state index in [2.05, 4.69) is 10.1 Å². The van der Waals surface area contributed by atoms with Crippen LogP contribution in [-0.4, -0.2) is 21.2 Å². The minimum Gasteiger partial charge on any atom is -0.494 e. The maximum absolute atomic E-state index is 12.2. The second kappa shape index (κ2) is 6.57. The first-order valence-corrected chi connectivity index (χ1v) is 8.04. The van der Waals surface area contributed by atoms with Crippen molar-refractivity contribution in [3.63, 3.8) is 0 Å². The van der Waals surface area contributed by atoms with Crippen LogP contribution in [0.2, 0.25) is 5.02 Å². The lowest BCUT2D eigenvalue weighted by atomic mass is 10.2. The van der Waals surface area contributed by atoms with Crippen molar-refractivity contribution < 1.29 is 9.47 Å². The van der Waals surface area contributed by atoms with Crippen molar-refractivity contribution >= 4 is 17.2 Å². The number of H-pyrrole nitrogens is 1. The Morgan fingerprint density at radius 3 is 2.62 bits per heavy atom. The summed E-state index contributed by atoms with van der Waals surface area (Å²) in [6.45, 7) is 6.17.